The molecule has 15 heavy (non-hydrogen) atoms. The van der Waals surface area contributed by atoms with Crippen LogP contribution in [0, 0.1) is 5.82 Å². The van der Waals surface area contributed by atoms with E-state index in [2.05, 4.69) is 5.32 Å². The summed E-state index contributed by atoms with van der Waals surface area (Å²) in [5.74, 6) is 0.901. The van der Waals surface area contributed by atoms with Crippen LogP contribution in [-0.2, 0) is 0 Å². The van der Waals surface area contributed by atoms with Crippen LogP contribution in [0.15, 0.2) is 18.2 Å². The minimum absolute atomic E-state index is 0.184. The molecule has 0 spiro atoms. The van der Waals surface area contributed by atoms with E-state index in [0.717, 1.165) is 30.8 Å². The average molecular weight is 226 g/mol. The summed E-state index contributed by atoms with van der Waals surface area (Å²) >= 11 is 1.81. The first kappa shape index (κ1) is 10.8. The van der Waals surface area contributed by atoms with E-state index in [4.69, 9.17) is 5.73 Å². The van der Waals surface area contributed by atoms with Crippen molar-refractivity contribution in [2.45, 2.75) is 11.7 Å². The number of hydrogen-bond acceptors (Lipinski definition) is 3. The van der Waals surface area contributed by atoms with Crippen molar-refractivity contribution in [1.29, 1.82) is 0 Å². The van der Waals surface area contributed by atoms with Gasteiger partial charge < -0.3 is 11.1 Å². The quantitative estimate of drug-likeness (QED) is 0.721. The van der Waals surface area contributed by atoms with Gasteiger partial charge in [-0.2, -0.15) is 11.8 Å². The predicted octanol–water partition coefficient (Wildman–Crippen LogP) is 2.18. The number of benzene rings is 1. The fourth-order valence-electron chi connectivity index (χ4n) is 1.72. The van der Waals surface area contributed by atoms with Crippen LogP contribution in [0.3, 0.4) is 0 Å². The lowest BCUT2D eigenvalue weighted by molar-refractivity contribution is 0.598. The largest absolute Gasteiger partial charge is 0.399 e. The highest BCUT2D eigenvalue weighted by Crippen LogP contribution is 2.32. The molecule has 0 aromatic heterocycles. The third-order valence-electron chi connectivity index (χ3n) is 2.52. The molecule has 1 aromatic rings. The van der Waals surface area contributed by atoms with Crippen LogP contribution in [0.25, 0.3) is 0 Å². The van der Waals surface area contributed by atoms with Crippen molar-refractivity contribution in [3.63, 3.8) is 0 Å². The molecule has 1 atom stereocenters. The maximum absolute atomic E-state index is 13.6. The Bertz CT molecular complexity index is 335. The molecular weight excluding hydrogens is 211 g/mol. The summed E-state index contributed by atoms with van der Waals surface area (Å²) in [5, 5.41) is 3.53. The van der Waals surface area contributed by atoms with Gasteiger partial charge in [-0.1, -0.05) is 6.07 Å². The lowest BCUT2D eigenvalue weighted by atomic mass is 10.1. The van der Waals surface area contributed by atoms with E-state index in [1.165, 1.54) is 6.07 Å². The van der Waals surface area contributed by atoms with Gasteiger partial charge in [0.05, 0.1) is 0 Å². The van der Waals surface area contributed by atoms with E-state index >= 15 is 0 Å². The Kier molecular flexibility index (Phi) is 3.49. The van der Waals surface area contributed by atoms with Gasteiger partial charge in [-0.3, -0.25) is 0 Å². The van der Waals surface area contributed by atoms with Gasteiger partial charge in [-0.05, 0) is 30.9 Å². The van der Waals surface area contributed by atoms with Crippen molar-refractivity contribution in [2.75, 3.05) is 24.6 Å². The summed E-state index contributed by atoms with van der Waals surface area (Å²) in [6.07, 6.45) is 1.15. The van der Waals surface area contributed by atoms with Crippen molar-refractivity contribution in [3.8, 4) is 0 Å². The second-order valence-corrected chi connectivity index (χ2v) is 5.01. The molecular formula is C11H15FN2S. The van der Waals surface area contributed by atoms with E-state index in [9.17, 15) is 4.39 Å². The third kappa shape index (κ3) is 2.63. The van der Waals surface area contributed by atoms with Gasteiger partial charge in [0.2, 0.25) is 0 Å². The summed E-state index contributed by atoms with van der Waals surface area (Å²) in [6.45, 7) is 1.87. The first-order chi connectivity index (χ1) is 7.27. The topological polar surface area (TPSA) is 38.0 Å². The van der Waals surface area contributed by atoms with E-state index in [1.807, 2.05) is 11.8 Å². The first-order valence-electron chi connectivity index (χ1n) is 5.14. The highest BCUT2D eigenvalue weighted by Gasteiger charge is 2.17. The van der Waals surface area contributed by atoms with Crippen LogP contribution in [0.2, 0.25) is 0 Å². The van der Waals surface area contributed by atoms with Gasteiger partial charge in [0.15, 0.2) is 0 Å². The molecule has 1 aliphatic heterocycles. The number of nitrogen functional groups attached to an aromatic ring is 1. The number of thioether (sulfide) groups is 1. The van der Waals surface area contributed by atoms with Crippen LogP contribution >= 0.6 is 11.8 Å². The molecule has 1 aliphatic rings. The molecule has 0 amide bonds. The van der Waals surface area contributed by atoms with Gasteiger partial charge in [-0.15, -0.1) is 0 Å². The molecule has 0 aliphatic carbocycles. The van der Waals surface area contributed by atoms with Gasteiger partial charge in [-0.25, -0.2) is 4.39 Å². The zero-order valence-corrected chi connectivity index (χ0v) is 9.32. The number of nitrogens with one attached hydrogen (secondary N) is 1. The van der Waals surface area contributed by atoms with Crippen molar-refractivity contribution < 1.29 is 4.39 Å². The molecule has 0 bridgehead atoms. The monoisotopic (exact) mass is 226 g/mol. The second kappa shape index (κ2) is 4.86. The SMILES string of the molecule is Nc1ccc(C2CNCCCS2)c(F)c1. The Balaban J connectivity index is 2.19. The number of hydrogen-bond donors (Lipinski definition) is 2. The number of rotatable bonds is 1. The maximum Gasteiger partial charge on any atom is 0.129 e. The Morgan fingerprint density at radius 2 is 2.33 bits per heavy atom. The molecule has 0 radical (unpaired) electrons. The molecule has 3 N–H and O–H groups in total. The van der Waals surface area contributed by atoms with Crippen molar-refractivity contribution in [3.05, 3.63) is 29.6 Å². The summed E-state index contributed by atoms with van der Waals surface area (Å²) in [5.41, 5.74) is 6.78. The first-order valence-corrected chi connectivity index (χ1v) is 6.19. The Labute approximate surface area is 93.4 Å². The zero-order chi connectivity index (χ0) is 10.7. The summed E-state index contributed by atoms with van der Waals surface area (Å²) in [4.78, 5) is 0. The van der Waals surface area contributed by atoms with E-state index in [-0.39, 0.29) is 11.1 Å². The predicted molar refractivity (Wildman–Crippen MR) is 63.5 cm³/mol. The normalized spacial score (nSPS) is 22.3. The minimum atomic E-state index is -0.184. The highest BCUT2D eigenvalue weighted by molar-refractivity contribution is 7.99. The van der Waals surface area contributed by atoms with Crippen molar-refractivity contribution in [1.82, 2.24) is 5.32 Å². The Morgan fingerprint density at radius 1 is 1.47 bits per heavy atom. The zero-order valence-electron chi connectivity index (χ0n) is 8.50. The molecule has 2 rings (SSSR count). The van der Waals surface area contributed by atoms with Gasteiger partial charge in [0, 0.05) is 23.0 Å². The lowest BCUT2D eigenvalue weighted by Gasteiger charge is -2.15. The summed E-state index contributed by atoms with van der Waals surface area (Å²) < 4.78 is 13.6. The van der Waals surface area contributed by atoms with Crippen LogP contribution in [0.5, 0.6) is 0 Å². The molecule has 82 valence electrons. The third-order valence-corrected chi connectivity index (χ3v) is 3.87. The van der Waals surface area contributed by atoms with E-state index in [0.29, 0.717) is 5.69 Å². The molecule has 1 saturated heterocycles. The number of halogens is 1. The van der Waals surface area contributed by atoms with Gasteiger partial charge in [0.1, 0.15) is 5.82 Å². The fraction of sp³-hybridized carbons (Fsp3) is 0.455. The van der Waals surface area contributed by atoms with Crippen LogP contribution in [0.1, 0.15) is 17.2 Å². The van der Waals surface area contributed by atoms with Gasteiger partial charge >= 0.3 is 0 Å². The molecule has 1 heterocycles. The standard InChI is InChI=1S/C11H15FN2S/c12-10-6-8(13)2-3-9(10)11-7-14-4-1-5-15-11/h2-3,6,11,14H,1,4-5,7,13H2. The second-order valence-electron chi connectivity index (χ2n) is 3.70. The van der Waals surface area contributed by atoms with Crippen LogP contribution in [0.4, 0.5) is 10.1 Å². The van der Waals surface area contributed by atoms with E-state index in [1.54, 1.807) is 12.1 Å². The van der Waals surface area contributed by atoms with E-state index < -0.39 is 0 Å². The smallest absolute Gasteiger partial charge is 0.129 e. The Morgan fingerprint density at radius 3 is 3.13 bits per heavy atom. The Hall–Kier alpha value is -0.740. The van der Waals surface area contributed by atoms with Crippen LogP contribution in [-0.4, -0.2) is 18.8 Å². The fourth-order valence-corrected chi connectivity index (χ4v) is 2.92. The number of nitrogens with two attached hydrogens (primary N) is 1. The molecule has 4 heteroatoms. The van der Waals surface area contributed by atoms with Gasteiger partial charge in [0.25, 0.3) is 0 Å². The molecule has 1 fully saturated rings. The molecule has 2 nitrogen and oxygen atoms in total. The molecule has 0 saturated carbocycles. The minimum Gasteiger partial charge on any atom is -0.399 e. The average Bonchev–Trinajstić information content (AvgIpc) is 2.46. The van der Waals surface area contributed by atoms with Crippen molar-refractivity contribution in [2.24, 2.45) is 0 Å². The molecule has 1 aromatic carbocycles. The molecule has 1 unspecified atom stereocenters. The van der Waals surface area contributed by atoms with Crippen molar-refractivity contribution >= 4 is 17.4 Å². The number of anilines is 1. The maximum atomic E-state index is 13.6. The van der Waals surface area contributed by atoms with Crippen LogP contribution < -0.4 is 11.1 Å². The summed E-state index contributed by atoms with van der Waals surface area (Å²) in [7, 11) is 0. The lowest BCUT2D eigenvalue weighted by Crippen LogP contribution is -2.19. The highest BCUT2D eigenvalue weighted by atomic mass is 32.2. The summed E-state index contributed by atoms with van der Waals surface area (Å²) in [6, 6.07) is 4.97.